The van der Waals surface area contributed by atoms with Crippen LogP contribution < -0.4 is 17.2 Å². The third-order valence-corrected chi connectivity index (χ3v) is 21.6. The van der Waals surface area contributed by atoms with Crippen molar-refractivity contribution in [1.29, 1.82) is 0 Å². The molecule has 3 rings (SSSR count). The molecule has 0 spiro atoms. The van der Waals surface area contributed by atoms with Crippen LogP contribution in [0.3, 0.4) is 0 Å². The number of aromatic nitrogens is 2. The van der Waals surface area contributed by atoms with E-state index in [1.807, 2.05) is 32.0 Å². The summed E-state index contributed by atoms with van der Waals surface area (Å²) >= 11 is 0. The van der Waals surface area contributed by atoms with Gasteiger partial charge in [0.1, 0.15) is 65.9 Å². The summed E-state index contributed by atoms with van der Waals surface area (Å²) in [4.78, 5) is 255. The summed E-state index contributed by atoms with van der Waals surface area (Å²) in [6, 6.07) is 17.6. The summed E-state index contributed by atoms with van der Waals surface area (Å²) in [6.07, 6.45) is 6.68. The van der Waals surface area contributed by atoms with Crippen LogP contribution in [-0.4, -0.2) is 269 Å². The van der Waals surface area contributed by atoms with Gasteiger partial charge in [0, 0.05) is 178 Å². The number of H-pyrrole nitrogens is 1. The molecule has 0 aliphatic carbocycles. The van der Waals surface area contributed by atoms with Crippen LogP contribution in [0.1, 0.15) is 181 Å². The van der Waals surface area contributed by atoms with E-state index in [2.05, 4.69) is 27.5 Å². The number of imidazole rings is 1. The number of amides is 7. The van der Waals surface area contributed by atoms with E-state index in [0.717, 1.165) is 25.8 Å². The topological polar surface area (TPSA) is 477 Å². The van der Waals surface area contributed by atoms with Gasteiger partial charge in [-0.05, 0) is 75.8 Å². The number of aliphatic hydroxyl groups excluding tert-OH is 1. The van der Waals surface area contributed by atoms with E-state index in [4.69, 9.17) is 37.8 Å². The van der Waals surface area contributed by atoms with Crippen molar-refractivity contribution in [2.75, 3.05) is 119 Å². The molecule has 1 aromatic heterocycles. The van der Waals surface area contributed by atoms with Crippen molar-refractivity contribution in [2.24, 2.45) is 75.5 Å². The highest BCUT2D eigenvalue weighted by Gasteiger charge is 2.38. The number of benzene rings is 2. The fraction of sp³-hybridized carbons (Fsp3) is 0.593. The third-order valence-electron chi connectivity index (χ3n) is 21.6. The zero-order valence-electron chi connectivity index (χ0n) is 74.0. The number of aromatic amines is 1. The molecule has 0 fully saturated rings. The zero-order valence-corrected chi connectivity index (χ0v) is 74.0. The number of esters is 1. The number of aliphatic imine (C=N–C) groups is 1. The Balaban J connectivity index is 1.82. The average Bonchev–Trinajstić information content (AvgIpc) is 1.03. The number of primary amides is 1. The van der Waals surface area contributed by atoms with E-state index in [0.29, 0.717) is 12.1 Å². The molecule has 9 atom stereocenters. The number of nitrogens with zero attached hydrogens (tertiary/aromatic N) is 8. The molecule has 3 aromatic rings. The number of hydrogen-bond acceptors (Lipinski definition) is 23. The van der Waals surface area contributed by atoms with Gasteiger partial charge in [0.2, 0.25) is 41.4 Å². The van der Waals surface area contributed by atoms with Crippen LogP contribution >= 0.6 is 0 Å². The number of carbonyl (C=O) groups excluding carboxylic acids is 17. The number of ether oxygens (including phenoxy) is 3. The van der Waals surface area contributed by atoms with Crippen molar-refractivity contribution in [3.63, 3.8) is 0 Å². The Morgan fingerprint density at radius 3 is 1.60 bits per heavy atom. The summed E-state index contributed by atoms with van der Waals surface area (Å²) in [5.74, 6) is -16.4. The predicted octanol–water partition coefficient (Wildman–Crippen LogP) is 5.38. The van der Waals surface area contributed by atoms with Gasteiger partial charge in [-0.15, -0.1) is 13.0 Å². The van der Waals surface area contributed by atoms with Crippen LogP contribution in [-0.2, 0) is 109 Å². The molecule has 1 heterocycles. The maximum Gasteiger partial charge on any atom is 0.309 e. The number of nitrogens with one attached hydrogen (secondary N) is 1. The highest BCUT2D eigenvalue weighted by Crippen LogP contribution is 2.31. The predicted molar refractivity (Wildman–Crippen MR) is 463 cm³/mol. The summed E-state index contributed by atoms with van der Waals surface area (Å²) in [6.45, 7) is 12.0. The van der Waals surface area contributed by atoms with Crippen molar-refractivity contribution >= 4 is 105 Å². The van der Waals surface area contributed by atoms with Gasteiger partial charge in [-0.3, -0.25) is 86.5 Å². The Hall–Kier alpha value is -11.1. The first-order chi connectivity index (χ1) is 58.9. The molecule has 0 saturated heterocycles. The minimum atomic E-state index is -1.39. The van der Waals surface area contributed by atoms with E-state index in [-0.39, 0.29) is 172 Å². The highest BCUT2D eigenvalue weighted by atomic mass is 16.5. The van der Waals surface area contributed by atoms with Gasteiger partial charge >= 0.3 is 5.97 Å². The minimum absolute atomic E-state index is 0.00424. The molecule has 33 nitrogen and oxygen atoms in total. The van der Waals surface area contributed by atoms with Crippen molar-refractivity contribution in [2.45, 2.75) is 177 Å². The van der Waals surface area contributed by atoms with Gasteiger partial charge in [0.15, 0.2) is 11.7 Å². The first-order valence-electron chi connectivity index (χ1n) is 42.5. The molecule has 9 unspecified atom stereocenters. The first-order valence-corrected chi connectivity index (χ1v) is 42.5. The van der Waals surface area contributed by atoms with Gasteiger partial charge in [0.05, 0.1) is 70.9 Å². The number of hydrogen-bond donors (Lipinski definition) is 5. The molecule has 124 heavy (non-hydrogen) atoms. The van der Waals surface area contributed by atoms with Crippen LogP contribution in [0.15, 0.2) is 90.8 Å². The van der Waals surface area contributed by atoms with Crippen molar-refractivity contribution < 1.29 is 101 Å². The van der Waals surface area contributed by atoms with E-state index in [1.165, 1.54) is 61.4 Å². The van der Waals surface area contributed by atoms with E-state index < -0.39 is 207 Å². The number of carbonyl (C=O) groups is 17. The Morgan fingerprint density at radius 2 is 1.06 bits per heavy atom. The molecular formula is C91H132N12O21. The molecule has 682 valence electrons. The molecule has 7 amide bonds. The second-order valence-electron chi connectivity index (χ2n) is 32.1. The van der Waals surface area contributed by atoms with E-state index in [9.17, 15) is 86.6 Å². The van der Waals surface area contributed by atoms with Crippen LogP contribution in [0.2, 0.25) is 0 Å². The smallest absolute Gasteiger partial charge is 0.309 e. The molecule has 0 bridgehead atoms. The standard InChI is InChI=1S/C91H132N12O21/c1-13-34-98(85(116)55-99(35-14-2)87(118)57-102(38-40-123-12)89(120)58-103(65(10)105)64(9)67-26-21-18-22-27-67)54-86(117)100(36-15-3)56-88(119)101(37-39-122-11)53-76(107)46-73(59-104)79(110)43-62(7)78(109)47-69(29-32-84(92)115)81(112)49-70(41-61(5)6)82(113)48-68(28-23-33-96-91(93)94)80(111)51-72(45-74-52-95-60-97-74)83(114)50-71(44-66-24-19-17-20-25-66)77(108)31-30-75(106)42-63(8)90(121)124-16-4/h3,14,17-22,24-27,52,60-64,68-73,104H,2,13,16,23,28-51,53-59H2,1,4-12H3,(H2,92,115)(H,95,97)(H4,93,94,96). The molecule has 0 aliphatic rings. The van der Waals surface area contributed by atoms with E-state index >= 15 is 0 Å². The van der Waals surface area contributed by atoms with Crippen LogP contribution in [0.4, 0.5) is 0 Å². The second-order valence-corrected chi connectivity index (χ2v) is 32.1. The summed E-state index contributed by atoms with van der Waals surface area (Å²) in [5, 5.41) is 10.6. The molecular weight excluding hydrogens is 1600 g/mol. The largest absolute Gasteiger partial charge is 0.466 e. The molecule has 0 aliphatic heterocycles. The SMILES string of the molecule is C#CCN(CC(=O)N(CCOC)CC(=O)CC(CO)C(=O)CC(C)C(=O)CC(CCC(N)=O)C(=O)CC(CC(C)C)C(=O)CC(CCCN=C(N)N)C(=O)CC(Cc1cnc[nH]1)C(=O)CC(Cc1ccccc1)C(=O)CCC(=O)CC(C)C(=O)OCC)C(=O)CN(CCC)C(=O)CN(CC=C)C(=O)CN(CCOC)C(=O)CN(C(C)=O)C(C)c1ccccc1. The fourth-order valence-electron chi connectivity index (χ4n) is 14.5. The highest BCUT2D eigenvalue weighted by molar-refractivity contribution is 5.99. The third kappa shape index (κ3) is 40.0. The van der Waals surface area contributed by atoms with Gasteiger partial charge < -0.3 is 70.9 Å². The summed E-state index contributed by atoms with van der Waals surface area (Å²) < 4.78 is 15.5. The lowest BCUT2D eigenvalue weighted by atomic mass is 9.77. The van der Waals surface area contributed by atoms with Crippen LogP contribution in [0.5, 0.6) is 0 Å². The van der Waals surface area contributed by atoms with Crippen LogP contribution in [0.25, 0.3) is 0 Å². The lowest BCUT2D eigenvalue weighted by Crippen LogP contribution is -2.52. The molecule has 2 aromatic carbocycles. The minimum Gasteiger partial charge on any atom is -0.466 e. The lowest BCUT2D eigenvalue weighted by Gasteiger charge is -2.32. The van der Waals surface area contributed by atoms with E-state index in [1.54, 1.807) is 70.2 Å². The first kappa shape index (κ1) is 107. The number of ketones is 9. The maximum absolute atomic E-state index is 15.0. The Bertz CT molecular complexity index is 4090. The van der Waals surface area contributed by atoms with Crippen molar-refractivity contribution in [1.82, 2.24) is 39.4 Å². The Labute approximate surface area is 728 Å². The number of terminal acetylenes is 1. The average molecular weight is 1730 g/mol. The van der Waals surface area contributed by atoms with Crippen molar-refractivity contribution in [3.05, 3.63) is 103 Å². The number of guanidine groups is 1. The zero-order chi connectivity index (χ0) is 92.5. The van der Waals surface area contributed by atoms with Gasteiger partial charge in [0.25, 0.3) is 0 Å². The summed E-state index contributed by atoms with van der Waals surface area (Å²) in [7, 11) is 2.76. The Morgan fingerprint density at radius 1 is 0.556 bits per heavy atom. The van der Waals surface area contributed by atoms with Gasteiger partial charge in [-0.2, -0.15) is 0 Å². The molecule has 33 heteroatoms. The fourth-order valence-corrected chi connectivity index (χ4v) is 14.5. The van der Waals surface area contributed by atoms with Crippen LogP contribution in [0, 0.1) is 65.6 Å². The lowest BCUT2D eigenvalue weighted by molar-refractivity contribution is -0.149. The molecule has 8 N–H and O–H groups in total. The quantitative estimate of drug-likeness (QED) is 0.0118. The molecule has 0 saturated carbocycles. The molecule has 0 radical (unpaired) electrons. The van der Waals surface area contributed by atoms with Gasteiger partial charge in [-0.25, -0.2) is 4.98 Å². The monoisotopic (exact) mass is 1730 g/mol. The number of aliphatic hydroxyl groups is 1. The normalized spacial score (nSPS) is 13.3. The Kier molecular flexibility index (Phi) is 50.2. The number of rotatable bonds is 67. The number of methoxy groups -OCH3 is 2. The maximum atomic E-state index is 15.0. The number of nitrogens with two attached hydrogens (primary N) is 3. The number of Topliss-reactive ketones (excluding diaryl/α,β-unsaturated/α-hetero) is 9. The second kappa shape index (κ2) is 58.1. The summed E-state index contributed by atoms with van der Waals surface area (Å²) in [5.41, 5.74) is 18.9. The van der Waals surface area contributed by atoms with Gasteiger partial charge in [-0.1, -0.05) is 107 Å². The van der Waals surface area contributed by atoms with Crippen molar-refractivity contribution in [3.8, 4) is 12.3 Å².